The summed E-state index contributed by atoms with van der Waals surface area (Å²) in [6.45, 7) is 21.3. The summed E-state index contributed by atoms with van der Waals surface area (Å²) in [6, 6.07) is 6.53. The average Bonchev–Trinajstić information content (AvgIpc) is 2.64. The van der Waals surface area contributed by atoms with Gasteiger partial charge in [0.25, 0.3) is 0 Å². The van der Waals surface area contributed by atoms with Crippen molar-refractivity contribution in [3.8, 4) is 0 Å². The van der Waals surface area contributed by atoms with Gasteiger partial charge in [-0.2, -0.15) is 0 Å². The van der Waals surface area contributed by atoms with E-state index in [1.54, 1.807) is 0 Å². The largest absolute Gasteiger partial charge is 0.361 e. The molecule has 1 aliphatic rings. The maximum Gasteiger partial charge on any atom is 0.219 e. The summed E-state index contributed by atoms with van der Waals surface area (Å²) >= 11 is 0. The van der Waals surface area contributed by atoms with Crippen molar-refractivity contribution in [2.24, 2.45) is 11.8 Å². The number of fused-ring (bicyclic) bond motifs is 1. The number of rotatable bonds is 11. The van der Waals surface area contributed by atoms with E-state index in [2.05, 4.69) is 71.3 Å². The maximum atomic E-state index is 12.2. The molecule has 1 N–H and O–H groups in total. The second-order valence-corrected chi connectivity index (χ2v) is 9.68. The number of nitrogens with one attached hydrogen (secondary N) is 1. The van der Waals surface area contributed by atoms with Crippen LogP contribution in [-0.2, 0) is 17.5 Å². The van der Waals surface area contributed by atoms with Crippen LogP contribution in [0.4, 0.5) is 0 Å². The first-order valence-electron chi connectivity index (χ1n) is 11.4. The molecule has 30 heavy (non-hydrogen) atoms. The Bertz CT molecular complexity index is 792. The monoisotopic (exact) mass is 404 g/mol. The second-order valence-electron chi connectivity index (χ2n) is 9.68. The number of carbonyl (C=O) groups is 1. The summed E-state index contributed by atoms with van der Waals surface area (Å²) in [7, 11) is 2.24. The summed E-state index contributed by atoms with van der Waals surface area (Å²) in [5.41, 5.74) is 7.61. The van der Waals surface area contributed by atoms with Crippen LogP contribution in [0.15, 0.2) is 49.1 Å². The SMILES string of the molecule is C=C(C)CCC(=O)N[C@@H]1[B]Cc2c(cccc2C(=C)CC(C)CC(=C)CC(C)C)C1. The number of carbonyl (C=O) groups excluding carboxylic acids is 1. The van der Waals surface area contributed by atoms with E-state index in [0.717, 1.165) is 44.0 Å². The molecule has 0 fully saturated rings. The molecule has 0 aliphatic carbocycles. The molecule has 3 heteroatoms. The Morgan fingerprint density at radius 1 is 1.13 bits per heavy atom. The molecule has 1 heterocycles. The quantitative estimate of drug-likeness (QED) is 0.341. The van der Waals surface area contributed by atoms with E-state index in [1.165, 1.54) is 27.8 Å². The van der Waals surface area contributed by atoms with E-state index in [0.29, 0.717) is 18.3 Å². The van der Waals surface area contributed by atoms with Crippen molar-refractivity contribution < 1.29 is 4.79 Å². The van der Waals surface area contributed by atoms with Crippen molar-refractivity contribution in [1.82, 2.24) is 5.32 Å². The lowest BCUT2D eigenvalue weighted by molar-refractivity contribution is -0.121. The molecule has 0 spiro atoms. The molecule has 0 aromatic heterocycles. The van der Waals surface area contributed by atoms with Crippen molar-refractivity contribution >= 4 is 18.8 Å². The van der Waals surface area contributed by atoms with Gasteiger partial charge in [-0.1, -0.05) is 69.6 Å². The third-order valence-corrected chi connectivity index (χ3v) is 5.75. The van der Waals surface area contributed by atoms with E-state index in [4.69, 9.17) is 0 Å². The first-order chi connectivity index (χ1) is 14.2. The van der Waals surface area contributed by atoms with Crippen LogP contribution < -0.4 is 5.32 Å². The van der Waals surface area contributed by atoms with Gasteiger partial charge in [0.05, 0.1) is 0 Å². The zero-order valence-electron chi connectivity index (χ0n) is 19.5. The summed E-state index contributed by atoms with van der Waals surface area (Å²) < 4.78 is 0. The minimum atomic E-state index is 0.108. The van der Waals surface area contributed by atoms with Gasteiger partial charge in [0, 0.05) is 12.4 Å². The fraction of sp³-hybridized carbons (Fsp3) is 0.519. The summed E-state index contributed by atoms with van der Waals surface area (Å²) in [4.78, 5) is 12.2. The molecule has 2 rings (SSSR count). The van der Waals surface area contributed by atoms with Gasteiger partial charge in [-0.3, -0.25) is 4.79 Å². The van der Waals surface area contributed by atoms with Gasteiger partial charge in [-0.25, -0.2) is 0 Å². The Kier molecular flexibility index (Phi) is 9.20. The highest BCUT2D eigenvalue weighted by atomic mass is 16.1. The van der Waals surface area contributed by atoms with Crippen molar-refractivity contribution in [2.45, 2.75) is 78.5 Å². The minimum absolute atomic E-state index is 0.108. The highest BCUT2D eigenvalue weighted by molar-refractivity contribution is 6.38. The molecule has 1 amide bonds. The topological polar surface area (TPSA) is 29.1 Å². The third kappa shape index (κ3) is 7.67. The fourth-order valence-corrected chi connectivity index (χ4v) is 4.45. The highest BCUT2D eigenvalue weighted by Crippen LogP contribution is 2.31. The fourth-order valence-electron chi connectivity index (χ4n) is 4.45. The third-order valence-electron chi connectivity index (χ3n) is 5.75. The van der Waals surface area contributed by atoms with Crippen LogP contribution in [0.2, 0.25) is 0 Å². The van der Waals surface area contributed by atoms with E-state index in [1.807, 2.05) is 6.92 Å². The molecule has 1 aliphatic heterocycles. The predicted molar refractivity (Wildman–Crippen MR) is 132 cm³/mol. The molecular formula is C27H39BNO. The second kappa shape index (κ2) is 11.4. The lowest BCUT2D eigenvalue weighted by Crippen LogP contribution is -2.44. The van der Waals surface area contributed by atoms with Crippen LogP contribution in [0.1, 0.15) is 76.5 Å². The Balaban J connectivity index is 1.96. The van der Waals surface area contributed by atoms with Crippen LogP contribution in [0.5, 0.6) is 0 Å². The number of benzene rings is 1. The van der Waals surface area contributed by atoms with Gasteiger partial charge < -0.3 is 5.32 Å². The number of hydrogen-bond donors (Lipinski definition) is 1. The van der Waals surface area contributed by atoms with Gasteiger partial charge >= 0.3 is 0 Å². The first kappa shape index (κ1) is 24.2. The maximum absolute atomic E-state index is 12.2. The zero-order valence-corrected chi connectivity index (χ0v) is 19.5. The van der Waals surface area contributed by atoms with E-state index in [-0.39, 0.29) is 11.8 Å². The van der Waals surface area contributed by atoms with Crippen LogP contribution in [0, 0.1) is 11.8 Å². The summed E-state index contributed by atoms with van der Waals surface area (Å²) in [6.07, 6.45) is 6.17. The Labute approximate surface area is 185 Å². The lowest BCUT2D eigenvalue weighted by Gasteiger charge is -2.28. The van der Waals surface area contributed by atoms with Crippen molar-refractivity contribution in [3.63, 3.8) is 0 Å². The summed E-state index contributed by atoms with van der Waals surface area (Å²) in [5, 5.41) is 3.17. The van der Waals surface area contributed by atoms with Gasteiger partial charge in [0.2, 0.25) is 5.91 Å². The number of hydrogen-bond acceptors (Lipinski definition) is 1. The highest BCUT2D eigenvalue weighted by Gasteiger charge is 2.23. The standard InChI is InChI=1S/C27H39BNO/c1-18(2)11-12-27(30)29-26-16-23-9-8-10-24(25(23)17-28-26)22(7)15-21(6)14-20(5)13-19(3)4/h8-10,19,21,26H,1,5,7,11-17H2,2-4,6H3,(H,29,30)/t21?,26-/m0/s1. The molecule has 1 aromatic rings. The van der Waals surface area contributed by atoms with Gasteiger partial charge in [-0.05, 0) is 73.1 Å². The Hall–Kier alpha value is -2.03. The van der Waals surface area contributed by atoms with Crippen LogP contribution in [0.3, 0.4) is 0 Å². The van der Waals surface area contributed by atoms with E-state index >= 15 is 0 Å². The molecule has 1 unspecified atom stereocenters. The smallest absolute Gasteiger partial charge is 0.219 e. The molecule has 2 nitrogen and oxygen atoms in total. The summed E-state index contributed by atoms with van der Waals surface area (Å²) in [5.74, 6) is 1.43. The number of allylic oxidation sites excluding steroid dienone is 3. The van der Waals surface area contributed by atoms with Gasteiger partial charge in [0.1, 0.15) is 7.28 Å². The molecule has 0 saturated heterocycles. The molecule has 2 atom stereocenters. The normalized spacial score (nSPS) is 16.4. The van der Waals surface area contributed by atoms with Gasteiger partial charge in [0.15, 0.2) is 0 Å². The number of amides is 1. The van der Waals surface area contributed by atoms with Gasteiger partial charge in [-0.15, -0.1) is 6.58 Å². The van der Waals surface area contributed by atoms with Crippen LogP contribution in [-0.4, -0.2) is 19.1 Å². The molecule has 1 aromatic carbocycles. The first-order valence-corrected chi connectivity index (χ1v) is 11.4. The van der Waals surface area contributed by atoms with Crippen LogP contribution >= 0.6 is 0 Å². The van der Waals surface area contributed by atoms with Crippen molar-refractivity contribution in [2.75, 3.05) is 0 Å². The zero-order chi connectivity index (χ0) is 22.3. The predicted octanol–water partition coefficient (Wildman–Crippen LogP) is 6.28. The minimum Gasteiger partial charge on any atom is -0.361 e. The average molecular weight is 404 g/mol. The molecule has 0 saturated carbocycles. The Morgan fingerprint density at radius 3 is 2.53 bits per heavy atom. The molecule has 161 valence electrons. The van der Waals surface area contributed by atoms with Crippen molar-refractivity contribution in [1.29, 1.82) is 0 Å². The molecule has 1 radical (unpaired) electrons. The van der Waals surface area contributed by atoms with Crippen molar-refractivity contribution in [3.05, 3.63) is 65.8 Å². The Morgan fingerprint density at radius 2 is 1.87 bits per heavy atom. The molecular weight excluding hydrogens is 365 g/mol. The van der Waals surface area contributed by atoms with Crippen LogP contribution in [0.25, 0.3) is 5.57 Å². The van der Waals surface area contributed by atoms with E-state index < -0.39 is 0 Å². The lowest BCUT2D eigenvalue weighted by atomic mass is 9.57. The van der Waals surface area contributed by atoms with E-state index in [9.17, 15) is 4.79 Å². The molecule has 0 bridgehead atoms.